The number of nitrogens with zero attached hydrogens (tertiary/aromatic N) is 3. The number of hydrogen-bond acceptors (Lipinski definition) is 5. The number of fused-ring (bicyclic) bond motifs is 6. The molecule has 32 heavy (non-hydrogen) atoms. The molecule has 3 aromatic heterocycles. The molecule has 0 unspecified atom stereocenters. The average molecular weight is 413 g/mol. The predicted octanol–water partition coefficient (Wildman–Crippen LogP) is 7.00. The summed E-state index contributed by atoms with van der Waals surface area (Å²) < 4.78 is 12.3. The Morgan fingerprint density at radius 2 is 0.938 bits per heavy atom. The maximum atomic E-state index is 6.17. The molecule has 7 aromatic rings. The Bertz CT molecular complexity index is 1670. The van der Waals surface area contributed by atoms with Crippen molar-refractivity contribution >= 4 is 43.9 Å². The lowest BCUT2D eigenvalue weighted by Crippen LogP contribution is -1.95. The lowest BCUT2D eigenvalue weighted by molar-refractivity contribution is 0.669. The molecule has 0 saturated carbocycles. The van der Waals surface area contributed by atoms with E-state index in [1.54, 1.807) is 6.33 Å². The van der Waals surface area contributed by atoms with Crippen LogP contribution in [0.2, 0.25) is 0 Å². The molecule has 0 N–H and O–H groups in total. The number of aromatic nitrogens is 3. The van der Waals surface area contributed by atoms with Crippen molar-refractivity contribution in [2.75, 3.05) is 0 Å². The Kier molecular flexibility index (Phi) is 3.49. The van der Waals surface area contributed by atoms with Gasteiger partial charge in [-0.05, 0) is 24.3 Å². The largest absolute Gasteiger partial charge is 0.455 e. The Hall–Kier alpha value is -4.51. The van der Waals surface area contributed by atoms with Gasteiger partial charge >= 0.3 is 0 Å². The zero-order chi connectivity index (χ0) is 21.1. The monoisotopic (exact) mass is 413 g/mol. The van der Waals surface area contributed by atoms with E-state index >= 15 is 0 Å². The van der Waals surface area contributed by atoms with E-state index in [-0.39, 0.29) is 0 Å². The second-order valence-electron chi connectivity index (χ2n) is 7.69. The second-order valence-corrected chi connectivity index (χ2v) is 7.69. The van der Waals surface area contributed by atoms with Crippen molar-refractivity contribution in [3.8, 4) is 22.8 Å². The number of para-hydroxylation sites is 4. The number of benzene rings is 4. The number of hydrogen-bond donors (Lipinski definition) is 0. The van der Waals surface area contributed by atoms with E-state index in [1.807, 2.05) is 60.7 Å². The molecule has 0 bridgehead atoms. The first-order valence-electron chi connectivity index (χ1n) is 10.4. The molecular formula is C27H15N3O2. The maximum Gasteiger partial charge on any atom is 0.167 e. The highest BCUT2D eigenvalue weighted by molar-refractivity contribution is 6.10. The molecule has 7 rings (SSSR count). The van der Waals surface area contributed by atoms with Crippen molar-refractivity contribution in [3.05, 3.63) is 91.3 Å². The van der Waals surface area contributed by atoms with E-state index < -0.39 is 0 Å². The predicted molar refractivity (Wildman–Crippen MR) is 125 cm³/mol. The van der Waals surface area contributed by atoms with Gasteiger partial charge in [0.05, 0.1) is 11.1 Å². The molecule has 0 atom stereocenters. The van der Waals surface area contributed by atoms with E-state index in [2.05, 4.69) is 34.2 Å². The summed E-state index contributed by atoms with van der Waals surface area (Å²) in [6.45, 7) is 0. The molecule has 0 aliphatic carbocycles. The van der Waals surface area contributed by atoms with Gasteiger partial charge in [-0.25, -0.2) is 15.0 Å². The van der Waals surface area contributed by atoms with Crippen LogP contribution in [0, 0.1) is 0 Å². The van der Waals surface area contributed by atoms with Crippen LogP contribution in [0.1, 0.15) is 0 Å². The molecule has 3 heterocycles. The minimum Gasteiger partial charge on any atom is -0.455 e. The minimum absolute atomic E-state index is 0.563. The van der Waals surface area contributed by atoms with Crippen LogP contribution < -0.4 is 0 Å². The quantitative estimate of drug-likeness (QED) is 0.305. The Balaban J connectivity index is 1.45. The van der Waals surface area contributed by atoms with Crippen LogP contribution in [0.4, 0.5) is 0 Å². The third-order valence-electron chi connectivity index (χ3n) is 5.86. The van der Waals surface area contributed by atoms with E-state index in [1.165, 1.54) is 0 Å². The standard InChI is InChI=1S/C27H15N3O2/c1-3-13-22-16(7-1)18-9-5-11-20(24(18)31-22)26-28-15-29-27(30-26)21-12-6-10-19-17-8-2-4-14-23(17)32-25(19)21/h1-15H. The SMILES string of the molecule is c1ccc2c(c1)oc1c(-c3ncnc(-c4cccc5c4oc4ccccc45)n3)cccc12. The summed E-state index contributed by atoms with van der Waals surface area (Å²) in [4.78, 5) is 13.7. The molecular weight excluding hydrogens is 398 g/mol. The van der Waals surface area contributed by atoms with Crippen LogP contribution in [0.5, 0.6) is 0 Å². The van der Waals surface area contributed by atoms with Gasteiger partial charge in [0.1, 0.15) is 28.7 Å². The van der Waals surface area contributed by atoms with E-state index in [0.29, 0.717) is 11.6 Å². The van der Waals surface area contributed by atoms with Crippen molar-refractivity contribution in [1.82, 2.24) is 15.0 Å². The molecule has 0 radical (unpaired) electrons. The number of rotatable bonds is 2. The smallest absolute Gasteiger partial charge is 0.167 e. The fourth-order valence-corrected chi connectivity index (χ4v) is 4.40. The third-order valence-corrected chi connectivity index (χ3v) is 5.86. The highest BCUT2D eigenvalue weighted by Crippen LogP contribution is 2.36. The summed E-state index contributed by atoms with van der Waals surface area (Å²) in [6, 6.07) is 28.1. The Labute approximate surface area is 182 Å². The first kappa shape index (κ1) is 17.2. The van der Waals surface area contributed by atoms with Gasteiger partial charge in [-0.2, -0.15) is 0 Å². The molecule has 5 nitrogen and oxygen atoms in total. The first-order chi connectivity index (χ1) is 15.9. The van der Waals surface area contributed by atoms with Crippen LogP contribution in [-0.2, 0) is 0 Å². The maximum absolute atomic E-state index is 6.17. The normalized spacial score (nSPS) is 11.8. The summed E-state index contributed by atoms with van der Waals surface area (Å²) in [5, 5.41) is 4.23. The van der Waals surface area contributed by atoms with Gasteiger partial charge in [0.25, 0.3) is 0 Å². The average Bonchev–Trinajstić information content (AvgIpc) is 3.42. The summed E-state index contributed by atoms with van der Waals surface area (Å²) in [5.41, 5.74) is 4.89. The van der Waals surface area contributed by atoms with Crippen molar-refractivity contribution in [2.45, 2.75) is 0 Å². The third kappa shape index (κ3) is 2.42. The molecule has 150 valence electrons. The molecule has 4 aromatic carbocycles. The van der Waals surface area contributed by atoms with Crippen molar-refractivity contribution in [2.24, 2.45) is 0 Å². The molecule has 0 aliphatic rings. The molecule has 0 aliphatic heterocycles. The lowest BCUT2D eigenvalue weighted by atomic mass is 10.1. The Morgan fingerprint density at radius 1 is 0.469 bits per heavy atom. The Morgan fingerprint density at radius 3 is 1.47 bits per heavy atom. The summed E-state index contributed by atoms with van der Waals surface area (Å²) in [5.74, 6) is 1.13. The minimum atomic E-state index is 0.563. The second kappa shape index (κ2) is 6.49. The summed E-state index contributed by atoms with van der Waals surface area (Å²) in [7, 11) is 0. The van der Waals surface area contributed by atoms with Crippen LogP contribution in [0.3, 0.4) is 0 Å². The fourth-order valence-electron chi connectivity index (χ4n) is 4.40. The van der Waals surface area contributed by atoms with Gasteiger partial charge in [0.2, 0.25) is 0 Å². The van der Waals surface area contributed by atoms with Gasteiger partial charge in [0.15, 0.2) is 11.6 Å². The topological polar surface area (TPSA) is 65.0 Å². The van der Waals surface area contributed by atoms with Gasteiger partial charge < -0.3 is 8.83 Å². The highest BCUT2D eigenvalue weighted by atomic mass is 16.3. The molecule has 0 amide bonds. The highest BCUT2D eigenvalue weighted by Gasteiger charge is 2.17. The van der Waals surface area contributed by atoms with Crippen molar-refractivity contribution in [1.29, 1.82) is 0 Å². The number of furan rings is 2. The molecule has 5 heteroatoms. The zero-order valence-electron chi connectivity index (χ0n) is 16.8. The van der Waals surface area contributed by atoms with E-state index in [0.717, 1.165) is 55.0 Å². The van der Waals surface area contributed by atoms with Crippen LogP contribution >= 0.6 is 0 Å². The fraction of sp³-hybridized carbons (Fsp3) is 0. The van der Waals surface area contributed by atoms with Gasteiger partial charge in [-0.3, -0.25) is 0 Å². The van der Waals surface area contributed by atoms with Crippen LogP contribution in [0.15, 0.2) is 100 Å². The van der Waals surface area contributed by atoms with Gasteiger partial charge in [-0.15, -0.1) is 0 Å². The lowest BCUT2D eigenvalue weighted by Gasteiger charge is -2.04. The van der Waals surface area contributed by atoms with E-state index in [9.17, 15) is 0 Å². The van der Waals surface area contributed by atoms with Crippen molar-refractivity contribution < 1.29 is 8.83 Å². The summed E-state index contributed by atoms with van der Waals surface area (Å²) in [6.07, 6.45) is 1.54. The van der Waals surface area contributed by atoms with Crippen LogP contribution in [0.25, 0.3) is 66.7 Å². The van der Waals surface area contributed by atoms with Crippen molar-refractivity contribution in [3.63, 3.8) is 0 Å². The molecule has 0 saturated heterocycles. The van der Waals surface area contributed by atoms with Crippen LogP contribution in [-0.4, -0.2) is 15.0 Å². The molecule has 0 spiro atoms. The van der Waals surface area contributed by atoms with E-state index in [4.69, 9.17) is 13.8 Å². The first-order valence-corrected chi connectivity index (χ1v) is 10.4. The summed E-state index contributed by atoms with van der Waals surface area (Å²) >= 11 is 0. The van der Waals surface area contributed by atoms with Gasteiger partial charge in [0, 0.05) is 21.5 Å². The zero-order valence-corrected chi connectivity index (χ0v) is 16.8. The molecule has 0 fully saturated rings. The van der Waals surface area contributed by atoms with Gasteiger partial charge in [-0.1, -0.05) is 60.7 Å².